The minimum Gasteiger partial charge on any atom is -0.367 e. The Balaban J connectivity index is 0.000000687. The summed E-state index contributed by atoms with van der Waals surface area (Å²) in [5.74, 6) is 0. The number of rotatable bonds is 6. The lowest BCUT2D eigenvalue weighted by Crippen LogP contribution is -2.12. The van der Waals surface area contributed by atoms with Gasteiger partial charge in [-0.05, 0) is 29.8 Å². The Hall–Kier alpha value is -1.39. The average molecular weight is 481 g/mol. The van der Waals surface area contributed by atoms with E-state index in [9.17, 15) is 0 Å². The Morgan fingerprint density at radius 1 is 0.966 bits per heavy atom. The maximum atomic E-state index is 7.00. The number of hydrogen-bond donors (Lipinski definition) is 3. The van der Waals surface area contributed by atoms with Gasteiger partial charge in [-0.15, -0.1) is 0 Å². The van der Waals surface area contributed by atoms with Crippen molar-refractivity contribution in [3.63, 3.8) is 0 Å². The highest BCUT2D eigenvalue weighted by Gasteiger charge is 2.17. The quantitative estimate of drug-likeness (QED) is 0.380. The van der Waals surface area contributed by atoms with Crippen LogP contribution in [0.4, 0.5) is 0 Å². The molecule has 1 heterocycles. The van der Waals surface area contributed by atoms with Crippen molar-refractivity contribution in [2.75, 3.05) is 0 Å². The van der Waals surface area contributed by atoms with Crippen molar-refractivity contribution in [2.24, 2.45) is 0 Å². The first-order valence-corrected chi connectivity index (χ1v) is 9.60. The van der Waals surface area contributed by atoms with Gasteiger partial charge in [0.25, 0.3) is 0 Å². The summed E-state index contributed by atoms with van der Waals surface area (Å²) in [6, 6.07) is 10.7. The lowest BCUT2D eigenvalue weighted by atomic mass is 10.1. The lowest BCUT2D eigenvalue weighted by molar-refractivity contribution is -0.472. The van der Waals surface area contributed by atoms with Gasteiger partial charge in [0.2, 0.25) is 0 Å². The van der Waals surface area contributed by atoms with Crippen molar-refractivity contribution >= 4 is 46.4 Å². The summed E-state index contributed by atoms with van der Waals surface area (Å²) in [5, 5.41) is 22.3. The molecule has 3 rings (SSSR count). The van der Waals surface area contributed by atoms with Gasteiger partial charge in [0, 0.05) is 38.0 Å². The monoisotopic (exact) mass is 479 g/mol. The normalized spacial score (nSPS) is 11.9. The second kappa shape index (κ2) is 11.7. The van der Waals surface area contributed by atoms with E-state index in [-0.39, 0.29) is 6.10 Å². The molecule has 1 aromatic heterocycles. The van der Waals surface area contributed by atoms with Crippen LogP contribution in [-0.2, 0) is 17.9 Å². The van der Waals surface area contributed by atoms with Crippen molar-refractivity contribution in [2.45, 2.75) is 19.3 Å². The summed E-state index contributed by atoms with van der Waals surface area (Å²) in [5.41, 5.74) is 1.71. The van der Waals surface area contributed by atoms with Crippen LogP contribution >= 0.6 is 46.4 Å². The number of aromatic nitrogens is 2. The Bertz CT molecular complexity index is 907. The van der Waals surface area contributed by atoms with Gasteiger partial charge >= 0.3 is 0 Å². The Labute approximate surface area is 187 Å². The molecule has 0 saturated carbocycles. The number of hydrogen-bond acceptors (Lipinski definition) is 6. The molecular formula is C18H17Cl4N3O4. The van der Waals surface area contributed by atoms with Gasteiger partial charge in [0.1, 0.15) is 6.10 Å². The first-order chi connectivity index (χ1) is 13.8. The fourth-order valence-electron chi connectivity index (χ4n) is 2.42. The van der Waals surface area contributed by atoms with E-state index in [4.69, 9.17) is 66.8 Å². The third kappa shape index (κ3) is 8.10. The van der Waals surface area contributed by atoms with Crippen LogP contribution in [0.5, 0.6) is 0 Å². The molecule has 0 saturated heterocycles. The molecular weight excluding hydrogens is 464 g/mol. The van der Waals surface area contributed by atoms with Gasteiger partial charge in [0.05, 0.1) is 24.9 Å². The van der Waals surface area contributed by atoms with Gasteiger partial charge in [0.15, 0.2) is 0 Å². The highest BCUT2D eigenvalue weighted by atomic mass is 35.5. The second-order valence-corrected chi connectivity index (χ2v) is 7.42. The molecule has 1 unspecified atom stereocenters. The van der Waals surface area contributed by atoms with Gasteiger partial charge in [-0.25, -0.2) is 4.98 Å². The summed E-state index contributed by atoms with van der Waals surface area (Å²) >= 11 is 24.5. The summed E-state index contributed by atoms with van der Waals surface area (Å²) in [6.07, 6.45) is 5.03. The van der Waals surface area contributed by atoms with Crippen molar-refractivity contribution in [3.8, 4) is 0 Å². The summed E-state index contributed by atoms with van der Waals surface area (Å²) in [4.78, 5) is 4.07. The minimum atomic E-state index is -1.00. The smallest absolute Gasteiger partial charge is 0.102 e. The fraction of sp³-hybridized carbons (Fsp3) is 0.167. The largest absolute Gasteiger partial charge is 0.367 e. The molecule has 0 aliphatic rings. The number of halogens is 4. The predicted molar refractivity (Wildman–Crippen MR) is 110 cm³/mol. The van der Waals surface area contributed by atoms with E-state index in [1.54, 1.807) is 36.8 Å². The molecule has 1 atom stereocenters. The summed E-state index contributed by atoms with van der Waals surface area (Å²) in [7, 11) is 0. The van der Waals surface area contributed by atoms with Crippen molar-refractivity contribution in [1.29, 1.82) is 0 Å². The van der Waals surface area contributed by atoms with E-state index in [0.717, 1.165) is 11.1 Å². The Kier molecular flexibility index (Phi) is 9.64. The third-order valence-electron chi connectivity index (χ3n) is 3.70. The SMILES string of the molecule is Clc1ccc(COC(Cn2ccnc2)c2ccc(Cl)cc2Cl)c(Cl)c1.ON(O)O. The predicted octanol–water partition coefficient (Wildman–Crippen LogP) is 5.91. The van der Waals surface area contributed by atoms with E-state index < -0.39 is 5.39 Å². The van der Waals surface area contributed by atoms with Crippen molar-refractivity contribution in [1.82, 2.24) is 14.9 Å². The molecule has 2 aromatic carbocycles. The molecule has 156 valence electrons. The van der Waals surface area contributed by atoms with Crippen LogP contribution in [0.25, 0.3) is 0 Å². The molecule has 0 fully saturated rings. The van der Waals surface area contributed by atoms with Gasteiger partial charge in [-0.1, -0.05) is 58.5 Å². The molecule has 29 heavy (non-hydrogen) atoms. The maximum absolute atomic E-state index is 7.00. The molecule has 11 heteroatoms. The molecule has 7 nitrogen and oxygen atoms in total. The van der Waals surface area contributed by atoms with Gasteiger partial charge < -0.3 is 9.30 Å². The molecule has 0 spiro atoms. The van der Waals surface area contributed by atoms with Crippen LogP contribution in [-0.4, -0.2) is 30.6 Å². The first kappa shape index (κ1) is 23.9. The first-order valence-electron chi connectivity index (χ1n) is 8.09. The highest BCUT2D eigenvalue weighted by Crippen LogP contribution is 2.31. The number of nitrogens with zero attached hydrogens (tertiary/aromatic N) is 3. The zero-order valence-corrected chi connectivity index (χ0v) is 17.8. The molecule has 0 amide bonds. The van der Waals surface area contributed by atoms with Crippen LogP contribution in [0, 0.1) is 0 Å². The van der Waals surface area contributed by atoms with E-state index in [0.29, 0.717) is 33.2 Å². The summed E-state index contributed by atoms with van der Waals surface area (Å²) < 4.78 is 8.05. The van der Waals surface area contributed by atoms with Crippen LogP contribution in [0.15, 0.2) is 55.1 Å². The van der Waals surface area contributed by atoms with Crippen LogP contribution < -0.4 is 0 Å². The van der Waals surface area contributed by atoms with Crippen molar-refractivity contribution < 1.29 is 20.4 Å². The van der Waals surface area contributed by atoms with E-state index in [1.807, 2.05) is 22.9 Å². The average Bonchev–Trinajstić information content (AvgIpc) is 3.13. The van der Waals surface area contributed by atoms with Crippen LogP contribution in [0.2, 0.25) is 20.1 Å². The summed E-state index contributed by atoms with van der Waals surface area (Å²) in [6.45, 7) is 0.890. The molecule has 0 radical (unpaired) electrons. The number of ether oxygens (including phenoxy) is 1. The van der Waals surface area contributed by atoms with E-state index in [1.165, 1.54) is 0 Å². The zero-order valence-electron chi connectivity index (χ0n) is 14.8. The van der Waals surface area contributed by atoms with E-state index in [2.05, 4.69) is 4.98 Å². The Morgan fingerprint density at radius 2 is 1.59 bits per heavy atom. The molecule has 0 aliphatic carbocycles. The van der Waals surface area contributed by atoms with Crippen molar-refractivity contribution in [3.05, 3.63) is 86.3 Å². The molecule has 0 bridgehead atoms. The highest BCUT2D eigenvalue weighted by molar-refractivity contribution is 6.35. The number of imidazole rings is 1. The van der Waals surface area contributed by atoms with Crippen LogP contribution in [0.1, 0.15) is 17.2 Å². The minimum absolute atomic E-state index is 0.286. The molecule has 0 aliphatic heterocycles. The van der Waals surface area contributed by atoms with E-state index >= 15 is 0 Å². The van der Waals surface area contributed by atoms with Gasteiger partial charge in [-0.3, -0.25) is 15.6 Å². The molecule has 3 N–H and O–H groups in total. The third-order valence-corrected chi connectivity index (χ3v) is 4.85. The molecule has 3 aromatic rings. The lowest BCUT2D eigenvalue weighted by Gasteiger charge is -2.21. The second-order valence-electron chi connectivity index (χ2n) is 5.73. The number of benzene rings is 2. The maximum Gasteiger partial charge on any atom is 0.102 e. The fourth-order valence-corrected chi connectivity index (χ4v) is 3.41. The van der Waals surface area contributed by atoms with Crippen LogP contribution in [0.3, 0.4) is 0 Å². The zero-order chi connectivity index (χ0) is 21.4. The Morgan fingerprint density at radius 3 is 2.14 bits per heavy atom. The standard InChI is InChI=1S/C18H14Cl4N2O.H3NO3/c19-13-2-1-12(16(21)7-13)10-25-18(9-24-6-5-23-11-24)15-4-3-14(20)8-17(15)22;2-1(3)4/h1-8,11,18H,9-10H2;2-4H. The van der Waals surface area contributed by atoms with Gasteiger partial charge in [-0.2, -0.15) is 0 Å². The topological polar surface area (TPSA) is 91.0 Å².